The SMILES string of the molecule is CCOC(=O)C(O)(c1cccc(Cl)c1)C(F)(F)F. The van der Waals surface area contributed by atoms with Crippen molar-refractivity contribution in [3.8, 4) is 0 Å². The molecular formula is C11H10ClF3O3. The maximum Gasteiger partial charge on any atom is 0.432 e. The Morgan fingerprint density at radius 1 is 1.44 bits per heavy atom. The first-order chi connectivity index (χ1) is 8.23. The Morgan fingerprint density at radius 3 is 2.50 bits per heavy atom. The normalized spacial score (nSPS) is 15.0. The van der Waals surface area contributed by atoms with Crippen molar-refractivity contribution in [3.63, 3.8) is 0 Å². The van der Waals surface area contributed by atoms with Crippen LogP contribution in [0.1, 0.15) is 12.5 Å². The number of aliphatic hydroxyl groups is 1. The number of rotatable bonds is 3. The average molecular weight is 283 g/mol. The standard InChI is InChI=1S/C11H10ClF3O3/c1-2-18-9(16)10(17,11(13,14)15)7-4-3-5-8(12)6-7/h3-6,17H,2H2,1H3. The van der Waals surface area contributed by atoms with E-state index in [9.17, 15) is 23.1 Å². The van der Waals surface area contributed by atoms with Crippen LogP contribution in [0.15, 0.2) is 24.3 Å². The third-order valence-corrected chi connectivity index (χ3v) is 2.46. The molecule has 0 amide bonds. The molecule has 1 N–H and O–H groups in total. The molecule has 0 fully saturated rings. The second-order valence-corrected chi connectivity index (χ2v) is 3.88. The van der Waals surface area contributed by atoms with Gasteiger partial charge in [0.25, 0.3) is 5.60 Å². The largest absolute Gasteiger partial charge is 0.463 e. The summed E-state index contributed by atoms with van der Waals surface area (Å²) in [6.45, 7) is 1.06. The molecule has 3 nitrogen and oxygen atoms in total. The van der Waals surface area contributed by atoms with Gasteiger partial charge in [-0.05, 0) is 19.1 Å². The van der Waals surface area contributed by atoms with Gasteiger partial charge in [0.2, 0.25) is 0 Å². The van der Waals surface area contributed by atoms with Crippen LogP contribution in [0.4, 0.5) is 13.2 Å². The first-order valence-electron chi connectivity index (χ1n) is 4.95. The quantitative estimate of drug-likeness (QED) is 0.867. The number of hydrogen-bond acceptors (Lipinski definition) is 3. The van der Waals surface area contributed by atoms with Crippen LogP contribution in [0.2, 0.25) is 5.02 Å². The zero-order valence-corrected chi connectivity index (χ0v) is 10.0. The highest BCUT2D eigenvalue weighted by Crippen LogP contribution is 2.40. The van der Waals surface area contributed by atoms with E-state index in [1.54, 1.807) is 0 Å². The lowest BCUT2D eigenvalue weighted by Gasteiger charge is -2.28. The number of ether oxygens (including phenoxy) is 1. The van der Waals surface area contributed by atoms with Crippen molar-refractivity contribution < 1.29 is 27.8 Å². The molecule has 0 aromatic heterocycles. The van der Waals surface area contributed by atoms with E-state index in [1.807, 2.05) is 0 Å². The minimum Gasteiger partial charge on any atom is -0.463 e. The highest BCUT2D eigenvalue weighted by atomic mass is 35.5. The monoisotopic (exact) mass is 282 g/mol. The molecule has 1 aromatic carbocycles. The molecule has 1 atom stereocenters. The summed E-state index contributed by atoms with van der Waals surface area (Å²) in [6.07, 6.45) is -5.20. The van der Waals surface area contributed by atoms with E-state index >= 15 is 0 Å². The van der Waals surface area contributed by atoms with Gasteiger partial charge in [0.15, 0.2) is 0 Å². The molecule has 18 heavy (non-hydrogen) atoms. The smallest absolute Gasteiger partial charge is 0.432 e. The minimum atomic E-state index is -5.20. The zero-order chi connectivity index (χ0) is 14.0. The summed E-state index contributed by atoms with van der Waals surface area (Å²) in [5.74, 6) is -1.78. The minimum absolute atomic E-state index is 0.0283. The highest BCUT2D eigenvalue weighted by molar-refractivity contribution is 6.30. The number of carbonyl (C=O) groups is 1. The first kappa shape index (κ1) is 14.8. The lowest BCUT2D eigenvalue weighted by Crippen LogP contribution is -2.50. The molecule has 0 saturated heterocycles. The third kappa shape index (κ3) is 2.59. The van der Waals surface area contributed by atoms with Gasteiger partial charge < -0.3 is 9.84 Å². The van der Waals surface area contributed by atoms with Gasteiger partial charge >= 0.3 is 12.1 Å². The Balaban J connectivity index is 3.34. The number of benzene rings is 1. The van der Waals surface area contributed by atoms with Gasteiger partial charge in [0.05, 0.1) is 6.61 Å². The summed E-state index contributed by atoms with van der Waals surface area (Å²) in [4.78, 5) is 11.4. The molecule has 0 radical (unpaired) electrons. The molecule has 0 bridgehead atoms. The summed E-state index contributed by atoms with van der Waals surface area (Å²) in [5.41, 5.74) is -4.39. The van der Waals surface area contributed by atoms with Gasteiger partial charge in [-0.3, -0.25) is 0 Å². The van der Waals surface area contributed by atoms with Gasteiger partial charge in [-0.2, -0.15) is 13.2 Å². The van der Waals surface area contributed by atoms with E-state index in [1.165, 1.54) is 19.1 Å². The Labute approximate surface area is 106 Å². The van der Waals surface area contributed by atoms with Gasteiger partial charge in [0.1, 0.15) is 0 Å². The van der Waals surface area contributed by atoms with Crippen LogP contribution >= 0.6 is 11.6 Å². The molecule has 7 heteroatoms. The number of halogens is 4. The summed E-state index contributed by atoms with van der Waals surface area (Å²) >= 11 is 5.55. The fraction of sp³-hybridized carbons (Fsp3) is 0.364. The summed E-state index contributed by atoms with van der Waals surface area (Å²) < 4.78 is 43.0. The van der Waals surface area contributed by atoms with E-state index in [4.69, 9.17) is 11.6 Å². The Bertz CT molecular complexity index is 447. The number of esters is 1. The molecule has 0 aliphatic carbocycles. The predicted molar refractivity (Wildman–Crippen MR) is 58.0 cm³/mol. The molecule has 1 aromatic rings. The maximum atomic E-state index is 12.9. The highest BCUT2D eigenvalue weighted by Gasteiger charge is 2.62. The van der Waals surface area contributed by atoms with Crippen molar-refractivity contribution in [2.75, 3.05) is 6.61 Å². The van der Waals surface area contributed by atoms with Gasteiger partial charge in [-0.25, -0.2) is 4.79 Å². The Morgan fingerprint density at radius 2 is 2.06 bits per heavy atom. The lowest BCUT2D eigenvalue weighted by atomic mass is 9.93. The van der Waals surface area contributed by atoms with E-state index in [0.717, 1.165) is 12.1 Å². The predicted octanol–water partition coefficient (Wildman–Crippen LogP) is 2.65. The van der Waals surface area contributed by atoms with Crippen LogP contribution < -0.4 is 0 Å². The maximum absolute atomic E-state index is 12.9. The van der Waals surface area contributed by atoms with E-state index in [2.05, 4.69) is 4.74 Å². The zero-order valence-electron chi connectivity index (χ0n) is 9.29. The van der Waals surface area contributed by atoms with Crippen LogP contribution in [-0.4, -0.2) is 23.9 Å². The van der Waals surface area contributed by atoms with Crippen molar-refractivity contribution >= 4 is 17.6 Å². The molecule has 0 saturated carbocycles. The molecule has 0 aliphatic rings. The number of carbonyl (C=O) groups excluding carboxylic acids is 1. The topological polar surface area (TPSA) is 46.5 Å². The molecule has 1 unspecified atom stereocenters. The second-order valence-electron chi connectivity index (χ2n) is 3.44. The molecular weight excluding hydrogens is 273 g/mol. The van der Waals surface area contributed by atoms with E-state index in [0.29, 0.717) is 0 Å². The third-order valence-electron chi connectivity index (χ3n) is 2.22. The van der Waals surface area contributed by atoms with Crippen LogP contribution in [0, 0.1) is 0 Å². The first-order valence-corrected chi connectivity index (χ1v) is 5.33. The number of alkyl halides is 3. The molecule has 100 valence electrons. The van der Waals surface area contributed by atoms with E-state index in [-0.39, 0.29) is 11.6 Å². The van der Waals surface area contributed by atoms with Crippen LogP contribution in [0.5, 0.6) is 0 Å². The van der Waals surface area contributed by atoms with Crippen molar-refractivity contribution in [2.24, 2.45) is 0 Å². The van der Waals surface area contributed by atoms with Crippen LogP contribution in [-0.2, 0) is 15.1 Å². The summed E-state index contributed by atoms with van der Waals surface area (Å²) in [5, 5.41) is 9.66. The summed E-state index contributed by atoms with van der Waals surface area (Å²) in [6, 6.07) is 4.35. The Kier molecular flexibility index (Phi) is 4.24. The molecule has 0 spiro atoms. The van der Waals surface area contributed by atoms with Crippen LogP contribution in [0.25, 0.3) is 0 Å². The Hall–Kier alpha value is -1.27. The lowest BCUT2D eigenvalue weighted by molar-refractivity contribution is -0.267. The average Bonchev–Trinajstić information content (AvgIpc) is 2.26. The molecule has 1 rings (SSSR count). The van der Waals surface area contributed by atoms with Crippen molar-refractivity contribution in [1.82, 2.24) is 0 Å². The van der Waals surface area contributed by atoms with Gasteiger partial charge in [-0.15, -0.1) is 0 Å². The van der Waals surface area contributed by atoms with Crippen LogP contribution in [0.3, 0.4) is 0 Å². The van der Waals surface area contributed by atoms with E-state index < -0.39 is 23.3 Å². The fourth-order valence-electron chi connectivity index (χ4n) is 1.35. The van der Waals surface area contributed by atoms with Gasteiger partial charge in [0, 0.05) is 10.6 Å². The fourth-order valence-corrected chi connectivity index (χ4v) is 1.54. The molecule has 0 aliphatic heterocycles. The summed E-state index contributed by atoms with van der Waals surface area (Å²) in [7, 11) is 0. The number of hydrogen-bond donors (Lipinski definition) is 1. The van der Waals surface area contributed by atoms with Gasteiger partial charge in [-0.1, -0.05) is 23.7 Å². The van der Waals surface area contributed by atoms with Crippen molar-refractivity contribution in [2.45, 2.75) is 18.7 Å². The molecule has 0 heterocycles. The van der Waals surface area contributed by atoms with Crippen molar-refractivity contribution in [1.29, 1.82) is 0 Å². The second kappa shape index (κ2) is 5.16. The van der Waals surface area contributed by atoms with Crippen molar-refractivity contribution in [3.05, 3.63) is 34.9 Å².